The van der Waals surface area contributed by atoms with Crippen molar-refractivity contribution in [3.8, 4) is 10.7 Å². The molecule has 2 aromatic heterocycles. The number of carboxylic acid groups (broad SMARTS) is 1. The summed E-state index contributed by atoms with van der Waals surface area (Å²) in [6.45, 7) is 1.93. The number of aryl methyl sites for hydroxylation is 1. The quantitative estimate of drug-likeness (QED) is 0.880. The SMILES string of the molecule is Cc1csc(-c2nnc(SCC(=O)O)n2C)c1Cl. The van der Waals surface area contributed by atoms with E-state index in [4.69, 9.17) is 16.7 Å². The average Bonchev–Trinajstić information content (AvgIpc) is 2.82. The van der Waals surface area contributed by atoms with Crippen LogP contribution >= 0.6 is 34.7 Å². The van der Waals surface area contributed by atoms with Gasteiger partial charge in [0.25, 0.3) is 0 Å². The number of aliphatic carboxylic acids is 1. The van der Waals surface area contributed by atoms with Gasteiger partial charge in [0.1, 0.15) is 0 Å². The molecule has 96 valence electrons. The monoisotopic (exact) mass is 303 g/mol. The van der Waals surface area contributed by atoms with Crippen LogP contribution in [0.1, 0.15) is 5.56 Å². The average molecular weight is 304 g/mol. The Kier molecular flexibility index (Phi) is 3.94. The van der Waals surface area contributed by atoms with Gasteiger partial charge in [-0.3, -0.25) is 4.79 Å². The second kappa shape index (κ2) is 5.29. The molecular weight excluding hydrogens is 294 g/mol. The molecule has 0 atom stereocenters. The summed E-state index contributed by atoms with van der Waals surface area (Å²) in [5.41, 5.74) is 0.999. The Morgan fingerprint density at radius 1 is 1.61 bits per heavy atom. The number of hydrogen-bond acceptors (Lipinski definition) is 5. The van der Waals surface area contributed by atoms with Crippen LogP contribution in [0.3, 0.4) is 0 Å². The lowest BCUT2D eigenvalue weighted by Crippen LogP contribution is -2.00. The molecule has 0 fully saturated rings. The normalized spacial score (nSPS) is 10.8. The Hall–Kier alpha value is -1.05. The van der Waals surface area contributed by atoms with Gasteiger partial charge in [-0.25, -0.2) is 0 Å². The van der Waals surface area contributed by atoms with E-state index in [1.54, 1.807) is 11.6 Å². The second-order valence-corrected chi connectivity index (χ2v) is 5.81. The molecule has 0 aliphatic carbocycles. The number of carbonyl (C=O) groups is 1. The summed E-state index contributed by atoms with van der Waals surface area (Å²) in [5.74, 6) is -0.260. The van der Waals surface area contributed by atoms with E-state index < -0.39 is 5.97 Å². The first-order valence-electron chi connectivity index (χ1n) is 4.98. The standard InChI is InChI=1S/C10H10ClN3O2S2/c1-5-3-17-8(7(5)11)9-12-13-10(14(9)2)18-4-6(15)16/h3H,4H2,1-2H3,(H,15,16). The van der Waals surface area contributed by atoms with Gasteiger partial charge < -0.3 is 9.67 Å². The van der Waals surface area contributed by atoms with Gasteiger partial charge in [-0.15, -0.1) is 21.5 Å². The minimum absolute atomic E-state index is 0.0385. The van der Waals surface area contributed by atoms with Crippen molar-refractivity contribution in [3.63, 3.8) is 0 Å². The number of thioether (sulfide) groups is 1. The first-order chi connectivity index (χ1) is 8.50. The Morgan fingerprint density at radius 3 is 2.89 bits per heavy atom. The molecule has 8 heteroatoms. The lowest BCUT2D eigenvalue weighted by atomic mass is 10.3. The van der Waals surface area contributed by atoms with Gasteiger partial charge in [0.2, 0.25) is 0 Å². The highest BCUT2D eigenvalue weighted by molar-refractivity contribution is 7.99. The zero-order chi connectivity index (χ0) is 13.3. The maximum absolute atomic E-state index is 10.5. The summed E-state index contributed by atoms with van der Waals surface area (Å²) in [5, 5.41) is 19.9. The molecule has 0 aromatic carbocycles. The van der Waals surface area contributed by atoms with Crippen LogP contribution in [0.25, 0.3) is 10.7 Å². The summed E-state index contributed by atoms with van der Waals surface area (Å²) in [4.78, 5) is 11.4. The van der Waals surface area contributed by atoms with Crippen molar-refractivity contribution >= 4 is 40.7 Å². The Morgan fingerprint density at radius 2 is 2.33 bits per heavy atom. The molecule has 0 radical (unpaired) electrons. The van der Waals surface area contributed by atoms with E-state index in [2.05, 4.69) is 10.2 Å². The minimum Gasteiger partial charge on any atom is -0.481 e. The van der Waals surface area contributed by atoms with Crippen LogP contribution in [0.15, 0.2) is 10.5 Å². The van der Waals surface area contributed by atoms with E-state index in [-0.39, 0.29) is 5.75 Å². The van der Waals surface area contributed by atoms with Gasteiger partial charge in [-0.2, -0.15) is 0 Å². The maximum atomic E-state index is 10.5. The molecule has 0 aliphatic rings. The van der Waals surface area contributed by atoms with Gasteiger partial charge in [0.05, 0.1) is 15.7 Å². The summed E-state index contributed by atoms with van der Waals surface area (Å²) in [6.07, 6.45) is 0. The highest BCUT2D eigenvalue weighted by Crippen LogP contribution is 2.36. The van der Waals surface area contributed by atoms with Crippen LogP contribution < -0.4 is 0 Å². The van der Waals surface area contributed by atoms with Crippen LogP contribution in [0, 0.1) is 6.92 Å². The molecule has 0 unspecified atom stereocenters. The molecule has 2 heterocycles. The number of rotatable bonds is 4. The van der Waals surface area contributed by atoms with Crippen molar-refractivity contribution in [1.29, 1.82) is 0 Å². The number of nitrogens with zero attached hydrogens (tertiary/aromatic N) is 3. The molecule has 2 rings (SSSR count). The number of thiophene rings is 1. The summed E-state index contributed by atoms with van der Waals surface area (Å²) in [6, 6.07) is 0. The lowest BCUT2D eigenvalue weighted by Gasteiger charge is -2.01. The predicted molar refractivity (Wildman–Crippen MR) is 72.4 cm³/mol. The fourth-order valence-corrected chi connectivity index (χ4v) is 3.27. The lowest BCUT2D eigenvalue weighted by molar-refractivity contribution is -0.133. The molecule has 0 spiro atoms. The Bertz CT molecular complexity index is 594. The van der Waals surface area contributed by atoms with Gasteiger partial charge in [-0.05, 0) is 17.9 Å². The van der Waals surface area contributed by atoms with Crippen molar-refractivity contribution in [2.45, 2.75) is 12.1 Å². The second-order valence-electron chi connectivity index (χ2n) is 3.61. The highest BCUT2D eigenvalue weighted by Gasteiger charge is 2.17. The summed E-state index contributed by atoms with van der Waals surface area (Å²) < 4.78 is 1.75. The number of halogens is 1. The zero-order valence-electron chi connectivity index (χ0n) is 9.68. The molecule has 0 bridgehead atoms. The first kappa shape index (κ1) is 13.4. The highest BCUT2D eigenvalue weighted by atomic mass is 35.5. The molecule has 18 heavy (non-hydrogen) atoms. The van der Waals surface area contributed by atoms with Gasteiger partial charge in [0.15, 0.2) is 11.0 Å². The summed E-state index contributed by atoms with van der Waals surface area (Å²) in [7, 11) is 1.80. The minimum atomic E-state index is -0.880. The van der Waals surface area contributed by atoms with E-state index >= 15 is 0 Å². The van der Waals surface area contributed by atoms with E-state index in [1.807, 2.05) is 12.3 Å². The van der Waals surface area contributed by atoms with Crippen LogP contribution in [-0.2, 0) is 11.8 Å². The molecular formula is C10H10ClN3O2S2. The van der Waals surface area contributed by atoms with E-state index in [0.717, 1.165) is 22.2 Å². The molecule has 0 saturated carbocycles. The third-order valence-corrected chi connectivity index (χ3v) is 4.96. The third kappa shape index (κ3) is 2.52. The van der Waals surface area contributed by atoms with Gasteiger partial charge >= 0.3 is 5.97 Å². The Labute approximate surface area is 117 Å². The fraction of sp³-hybridized carbons (Fsp3) is 0.300. The molecule has 2 aromatic rings. The van der Waals surface area contributed by atoms with E-state index in [1.165, 1.54) is 11.3 Å². The largest absolute Gasteiger partial charge is 0.481 e. The molecule has 0 aliphatic heterocycles. The molecule has 0 saturated heterocycles. The summed E-state index contributed by atoms with van der Waals surface area (Å²) >= 11 is 8.82. The van der Waals surface area contributed by atoms with Gasteiger partial charge in [0, 0.05) is 7.05 Å². The first-order valence-corrected chi connectivity index (χ1v) is 7.23. The number of hydrogen-bond donors (Lipinski definition) is 1. The van der Waals surface area contributed by atoms with E-state index in [9.17, 15) is 4.79 Å². The predicted octanol–water partition coefficient (Wildman–Crippen LogP) is 2.68. The third-order valence-electron chi connectivity index (χ3n) is 2.26. The van der Waals surface area contributed by atoms with Crippen molar-refractivity contribution in [3.05, 3.63) is 16.0 Å². The fourth-order valence-electron chi connectivity index (χ4n) is 1.35. The van der Waals surface area contributed by atoms with Crippen molar-refractivity contribution in [2.75, 3.05) is 5.75 Å². The van der Waals surface area contributed by atoms with Crippen LogP contribution in [0.2, 0.25) is 5.02 Å². The molecule has 0 amide bonds. The molecule has 5 nitrogen and oxygen atoms in total. The topological polar surface area (TPSA) is 68.0 Å². The van der Waals surface area contributed by atoms with Crippen molar-refractivity contribution in [1.82, 2.24) is 14.8 Å². The number of aromatic nitrogens is 3. The Balaban J connectivity index is 2.31. The van der Waals surface area contributed by atoms with Crippen molar-refractivity contribution in [2.24, 2.45) is 7.05 Å². The van der Waals surface area contributed by atoms with Crippen LogP contribution in [0.4, 0.5) is 0 Å². The maximum Gasteiger partial charge on any atom is 0.313 e. The van der Waals surface area contributed by atoms with Gasteiger partial charge in [-0.1, -0.05) is 23.4 Å². The number of carboxylic acids is 1. The van der Waals surface area contributed by atoms with E-state index in [0.29, 0.717) is 16.0 Å². The van der Waals surface area contributed by atoms with Crippen LogP contribution in [0.5, 0.6) is 0 Å². The van der Waals surface area contributed by atoms with Crippen LogP contribution in [-0.4, -0.2) is 31.6 Å². The zero-order valence-corrected chi connectivity index (χ0v) is 12.1. The molecule has 1 N–H and O–H groups in total. The van der Waals surface area contributed by atoms with Crippen molar-refractivity contribution < 1.29 is 9.90 Å². The smallest absolute Gasteiger partial charge is 0.313 e.